The smallest absolute Gasteiger partial charge is 0.305 e. The van der Waals surface area contributed by atoms with Gasteiger partial charge >= 0.3 is 5.97 Å². The second-order valence-corrected chi connectivity index (χ2v) is 38.7. The number of guanidine groups is 2. The van der Waals surface area contributed by atoms with Gasteiger partial charge in [0.25, 0.3) is 0 Å². The number of aliphatic hydroxyl groups is 3. The number of hydrogen-bond donors (Lipinski definition) is 34. The van der Waals surface area contributed by atoms with E-state index in [-0.39, 0.29) is 57.4 Å². The highest BCUT2D eigenvalue weighted by atomic mass is 33.1. The first-order valence-corrected chi connectivity index (χ1v) is 50.0. The number of carbonyl (C=O) groups excluding carboxylic acids is 20. The Morgan fingerprint density at radius 1 is 0.435 bits per heavy atom. The van der Waals surface area contributed by atoms with Gasteiger partial charge in [0.05, 0.1) is 63.7 Å². The molecule has 0 spiro atoms. The average Bonchev–Trinajstić information content (AvgIpc) is 1.64. The number of primary amides is 3. The van der Waals surface area contributed by atoms with Crippen LogP contribution in [0.4, 0.5) is 0 Å². The summed E-state index contributed by atoms with van der Waals surface area (Å²) in [5.41, 5.74) is 40.5. The molecule has 6 rings (SSSR count). The van der Waals surface area contributed by atoms with Gasteiger partial charge < -0.3 is 172 Å². The van der Waals surface area contributed by atoms with Gasteiger partial charge in [-0.05, 0) is 63.1 Å². The van der Waals surface area contributed by atoms with E-state index in [1.807, 2.05) is 0 Å². The summed E-state index contributed by atoms with van der Waals surface area (Å²) < 4.78 is 0. The number of aliphatic carboxylic acids is 1. The van der Waals surface area contributed by atoms with Crippen LogP contribution < -0.4 is 141 Å². The number of rotatable bonds is 30. The van der Waals surface area contributed by atoms with Gasteiger partial charge in [-0.3, -0.25) is 112 Å². The molecule has 4 bridgehead atoms. The molecule has 3 aliphatic rings. The standard InChI is InChI=1S/C76H115N31O25S6/c77-12-4-3-9-38-60(118)96-41(15-33-20-89-37-8-2-1-7-35(33)37)63(121)105-50-28-137-138-29-51-72(130)98-43(18-55(80)112)65(123)106-52(73(131)102-47(25-110)69(127)101-46(24-109)68(126)93-38)30-135-133-26-48(58(81)116)103-74(132)53(31-136-134-27-49(70(128)107-51)92-56(113)22-90-59(117)36(78)17-54(79)111)104-62(120)40(11-6-14-88-76(84)85)94-67(125)45(23-108)100-64(122)42(16-34-21-86-32-91-34)97-66(124)44(19-57(114)115)99-61(119)39(95-71(50)129)10-5-13-87-75(82)83/h1-2,7-8,20-21,32,36,38-53,89,108-110H,3-6,9-19,22-31,77-78H2,(H2,79,111)(H2,80,112)(H2,81,116)(H,86,91)(H,90,117)(H,92,113)(H,93,126)(H,94,125)(H,95,129)(H,96,118)(H,97,124)(H,98,130)(H,99,119)(H,100,122)(H,101,127)(H,102,131)(H,103,132)(H,104,120)(H,105,121)(H,106,123)(H,107,128)(H,114,115)(H4,82,83,87)(H4,84,85,88)/t36-,38-,39-,40-,41-,42-,43-,44-,45-,46-,47-,48-,49-,50-,51-,52-,53-/m0/s1. The van der Waals surface area contributed by atoms with Crippen molar-refractivity contribution in [2.75, 3.05) is 80.5 Å². The van der Waals surface area contributed by atoms with Gasteiger partial charge in [0.15, 0.2) is 11.9 Å². The molecule has 3 aliphatic heterocycles. The number of aromatic nitrogens is 3. The maximum Gasteiger partial charge on any atom is 0.305 e. The molecule has 1 aromatic carbocycles. The Labute approximate surface area is 809 Å². The zero-order chi connectivity index (χ0) is 102. The molecule has 0 aliphatic carbocycles. The predicted octanol–water partition coefficient (Wildman–Crippen LogP) is -14.6. The van der Waals surface area contributed by atoms with Crippen molar-refractivity contribution >= 4 is 212 Å². The zero-order valence-electron chi connectivity index (χ0n) is 73.8. The normalized spacial score (nSPS) is 25.2. The summed E-state index contributed by atoms with van der Waals surface area (Å²) in [6.45, 7) is -5.32. The Hall–Kier alpha value is -12.7. The Morgan fingerprint density at radius 2 is 0.826 bits per heavy atom. The molecule has 0 saturated carbocycles. The lowest BCUT2D eigenvalue weighted by atomic mass is 10.0. The number of carbonyl (C=O) groups is 21. The van der Waals surface area contributed by atoms with Crippen molar-refractivity contribution in [1.29, 1.82) is 10.8 Å². The number of fused-ring (bicyclic) bond motifs is 17. The predicted molar refractivity (Wildman–Crippen MR) is 502 cm³/mol. The van der Waals surface area contributed by atoms with Gasteiger partial charge in [-0.2, -0.15) is 0 Å². The number of amides is 20. The molecule has 0 unspecified atom stereocenters. The average molecular weight is 2060 g/mol. The van der Waals surface area contributed by atoms with Gasteiger partial charge in [-0.25, -0.2) is 4.98 Å². The molecule has 138 heavy (non-hydrogen) atoms. The number of nitrogens with zero attached hydrogens (tertiary/aromatic N) is 1. The van der Waals surface area contributed by atoms with Crippen molar-refractivity contribution in [3.8, 4) is 0 Å². The van der Waals surface area contributed by atoms with Crippen molar-refractivity contribution in [2.24, 2.45) is 40.1 Å². The lowest BCUT2D eigenvalue weighted by Gasteiger charge is -2.28. The molecule has 56 nitrogen and oxygen atoms in total. The number of H-pyrrole nitrogens is 2. The van der Waals surface area contributed by atoms with Crippen molar-refractivity contribution in [3.05, 3.63) is 54.2 Å². The molecule has 3 aromatic rings. The van der Waals surface area contributed by atoms with Crippen LogP contribution in [-0.2, 0) is 114 Å². The van der Waals surface area contributed by atoms with Crippen LogP contribution in [0.2, 0.25) is 0 Å². The Bertz CT molecular complexity index is 4840. The van der Waals surface area contributed by atoms with E-state index in [1.165, 1.54) is 12.4 Å². The summed E-state index contributed by atoms with van der Waals surface area (Å²) in [4.78, 5) is 313. The molecule has 3 saturated heterocycles. The van der Waals surface area contributed by atoms with E-state index in [9.17, 15) is 87.5 Å². The fourth-order valence-electron chi connectivity index (χ4n) is 13.0. The third-order valence-corrected chi connectivity index (χ3v) is 27.6. The minimum absolute atomic E-state index is 0.0142. The molecule has 760 valence electrons. The number of carboxylic acids is 1. The number of nitrogens with two attached hydrogens (primary N) is 7. The lowest BCUT2D eigenvalue weighted by Crippen LogP contribution is -2.62. The van der Waals surface area contributed by atoms with E-state index >= 15 is 33.6 Å². The number of imidazole rings is 1. The Morgan fingerprint density at radius 3 is 1.30 bits per heavy atom. The summed E-state index contributed by atoms with van der Waals surface area (Å²) in [6, 6.07) is -27.0. The second-order valence-electron chi connectivity index (χ2n) is 31.0. The van der Waals surface area contributed by atoms with Crippen LogP contribution in [0.1, 0.15) is 75.5 Å². The van der Waals surface area contributed by atoms with Crippen molar-refractivity contribution in [3.63, 3.8) is 0 Å². The highest BCUT2D eigenvalue weighted by molar-refractivity contribution is 8.77. The zero-order valence-corrected chi connectivity index (χ0v) is 78.7. The maximum atomic E-state index is 15.7. The Kier molecular flexibility index (Phi) is 48.5. The van der Waals surface area contributed by atoms with Gasteiger partial charge in [0.2, 0.25) is 118 Å². The summed E-state index contributed by atoms with van der Waals surface area (Å²) in [7, 11) is 3.76. The van der Waals surface area contributed by atoms with Crippen molar-refractivity contribution in [2.45, 2.75) is 180 Å². The Balaban J connectivity index is 1.70. The van der Waals surface area contributed by atoms with Gasteiger partial charge in [-0.1, -0.05) is 83.0 Å². The summed E-state index contributed by atoms with van der Waals surface area (Å²) >= 11 is 0. The fourth-order valence-corrected chi connectivity index (χ4v) is 20.0. The van der Waals surface area contributed by atoms with E-state index in [1.54, 1.807) is 24.3 Å². The molecule has 3 fully saturated rings. The third-order valence-electron chi connectivity index (χ3n) is 20.3. The SMILES string of the molecule is N=C(N)NCCC[C@@H]1NC(=O)[C@H](CO)NC(=O)[C@H](Cc2c[nH]cn2)NC(=O)[C@H](CC(=O)O)NC(=O)[C@H](CCCNC(=N)N)NC(=O)[C@@H]2CSSC[C@@H]3NC(=O)[C@@H](NC(=O)CNC(=O)[C@@H](N)CC(N)=O)CSSC[C@H](NC1=O)C(=O)N[C@H](C(N)=O)CSSC[C@H](NC(=O)[C@H](CC(N)=O)NC3=O)C(=O)N[C@@H](CO)C(=O)N[C@@H](CO)C(=O)N[C@@H](CCCCN)C(=O)N[C@@H](Cc1c[nH]c3ccccc13)C(=O)N2. The van der Waals surface area contributed by atoms with E-state index in [0.717, 1.165) is 6.33 Å². The van der Waals surface area contributed by atoms with Crippen LogP contribution in [-0.4, -0.2) is 355 Å². The van der Waals surface area contributed by atoms with E-state index in [2.05, 4.69) is 116 Å². The van der Waals surface area contributed by atoms with E-state index in [0.29, 0.717) is 81.2 Å². The van der Waals surface area contributed by atoms with Crippen LogP contribution >= 0.6 is 64.8 Å². The fraction of sp³-hybridized carbons (Fsp3) is 0.553. The largest absolute Gasteiger partial charge is 0.481 e. The van der Waals surface area contributed by atoms with Crippen molar-refractivity contribution < 1.29 is 121 Å². The number of unbranched alkanes of at least 4 members (excludes halogenated alkanes) is 1. The van der Waals surface area contributed by atoms with E-state index < -0.39 is 345 Å². The van der Waals surface area contributed by atoms with Gasteiger partial charge in [0, 0.05) is 83.7 Å². The van der Waals surface area contributed by atoms with Crippen LogP contribution in [0.25, 0.3) is 10.9 Å². The summed E-state index contributed by atoms with van der Waals surface area (Å²) in [5, 5.41) is 104. The minimum Gasteiger partial charge on any atom is -0.481 e. The lowest BCUT2D eigenvalue weighted by molar-refractivity contribution is -0.141. The van der Waals surface area contributed by atoms with Crippen LogP contribution in [0.3, 0.4) is 0 Å². The third kappa shape index (κ3) is 39.0. The molecular formula is C76H115N31O25S6. The molecule has 41 N–H and O–H groups in total. The number of hydrogen-bond acceptors (Lipinski definition) is 35. The molecule has 2 aromatic heterocycles. The first kappa shape index (κ1) is 114. The highest BCUT2D eigenvalue weighted by Crippen LogP contribution is 2.28. The monoisotopic (exact) mass is 2050 g/mol. The molecule has 5 heterocycles. The number of para-hydroxylation sites is 1. The first-order valence-electron chi connectivity index (χ1n) is 42.5. The molecule has 0 radical (unpaired) electrons. The summed E-state index contributed by atoms with van der Waals surface area (Å²) in [5.74, 6) is -33.1. The molecule has 17 atom stereocenters. The van der Waals surface area contributed by atoms with Crippen LogP contribution in [0.5, 0.6) is 0 Å². The number of carboxylic acid groups (broad SMARTS) is 1. The number of benzene rings is 1. The van der Waals surface area contributed by atoms with Crippen LogP contribution in [0, 0.1) is 10.8 Å². The molecule has 20 amide bonds. The second kappa shape index (κ2) is 58.8. The maximum absolute atomic E-state index is 15.7. The quantitative estimate of drug-likeness (QED) is 0.0128. The number of aromatic amines is 2. The number of nitrogens with one attached hydrogen (secondary N) is 23. The van der Waals surface area contributed by atoms with Gasteiger partial charge in [-0.15, -0.1) is 0 Å². The first-order chi connectivity index (χ1) is 65.6. The number of aliphatic hydroxyl groups excluding tert-OH is 3. The summed E-state index contributed by atoms with van der Waals surface area (Å²) in [6.07, 6.45) is -1.80. The molecule has 62 heteroatoms. The van der Waals surface area contributed by atoms with Crippen LogP contribution in [0.15, 0.2) is 43.0 Å². The van der Waals surface area contributed by atoms with E-state index in [4.69, 9.17) is 51.0 Å². The topological polar surface area (TPSA) is 942 Å². The van der Waals surface area contributed by atoms with Crippen molar-refractivity contribution in [1.82, 2.24) is 116 Å². The highest BCUT2D eigenvalue weighted by Gasteiger charge is 2.42. The minimum atomic E-state index is -2.25. The molecular weight excluding hydrogens is 1940 g/mol. The van der Waals surface area contributed by atoms with Gasteiger partial charge in [0.1, 0.15) is 96.7 Å².